The molecule has 2 aromatic carbocycles. The van der Waals surface area contributed by atoms with E-state index in [-0.39, 0.29) is 27.2 Å². The molecule has 2 aromatic rings. The van der Waals surface area contributed by atoms with Crippen LogP contribution in [0.15, 0.2) is 54.6 Å². The number of carbonyl (C=O) groups is 1. The highest BCUT2D eigenvalue weighted by Crippen LogP contribution is 2.17. The molecule has 0 amide bonds. The fourth-order valence-corrected chi connectivity index (χ4v) is 4.32. The van der Waals surface area contributed by atoms with Crippen molar-refractivity contribution in [1.29, 1.82) is 0 Å². The molecule has 1 heterocycles. The highest BCUT2D eigenvalue weighted by Gasteiger charge is 2.26. The molecule has 0 bridgehead atoms. The summed E-state index contributed by atoms with van der Waals surface area (Å²) in [5.41, 5.74) is 0. The first-order valence-corrected chi connectivity index (χ1v) is 9.10. The molecule has 1 saturated heterocycles. The number of hydrogen-bond acceptors (Lipinski definition) is 3. The number of rotatable bonds is 4. The van der Waals surface area contributed by atoms with Gasteiger partial charge in [-0.3, -0.25) is 0 Å². The quantitative estimate of drug-likeness (QED) is 0.536. The second kappa shape index (κ2) is 6.93. The van der Waals surface area contributed by atoms with E-state index in [1.165, 1.54) is 7.14 Å². The third-order valence-corrected chi connectivity index (χ3v) is 5.85. The molecule has 0 aliphatic carbocycles. The van der Waals surface area contributed by atoms with Gasteiger partial charge in [-0.1, -0.05) is 18.2 Å². The third-order valence-electron chi connectivity index (χ3n) is 3.16. The minimum atomic E-state index is -0.451. The maximum Gasteiger partial charge on any atom is 0.357 e. The number of benzene rings is 2. The van der Waals surface area contributed by atoms with E-state index in [0.717, 1.165) is 18.6 Å². The zero-order valence-electron chi connectivity index (χ0n) is 11.5. The Balaban J connectivity index is 1.62. The standard InChI is InChI=1S/C17H16IO3/c19-17-16(7-4-12-20-17)21-15-10-8-14(9-11-15)18-13-5-2-1-3-6-13/h1-3,5-6,8-11,16H,4,7,12H2/q+1. The van der Waals surface area contributed by atoms with Crippen LogP contribution < -0.4 is 25.9 Å². The number of hydrogen-bond donors (Lipinski definition) is 0. The lowest BCUT2D eigenvalue weighted by Gasteiger charge is -2.21. The number of ether oxygens (including phenoxy) is 2. The van der Waals surface area contributed by atoms with Crippen molar-refractivity contribution in [2.75, 3.05) is 6.61 Å². The molecule has 1 atom stereocenters. The van der Waals surface area contributed by atoms with Gasteiger partial charge in [0.1, 0.15) is 5.75 Å². The lowest BCUT2D eigenvalue weighted by molar-refractivity contribution is -0.597. The van der Waals surface area contributed by atoms with Crippen LogP contribution in [0.1, 0.15) is 12.8 Å². The van der Waals surface area contributed by atoms with Gasteiger partial charge >= 0.3 is 27.2 Å². The molecule has 1 unspecified atom stereocenters. The van der Waals surface area contributed by atoms with E-state index in [1.807, 2.05) is 18.2 Å². The van der Waals surface area contributed by atoms with E-state index in [1.54, 1.807) is 0 Å². The first-order valence-electron chi connectivity index (χ1n) is 6.94. The molecule has 108 valence electrons. The minimum Gasteiger partial charge on any atom is -0.479 e. The molecule has 21 heavy (non-hydrogen) atoms. The normalized spacial score (nSPS) is 18.1. The van der Waals surface area contributed by atoms with Crippen LogP contribution in [-0.4, -0.2) is 18.7 Å². The number of carbonyl (C=O) groups excluding carboxylic acids is 1. The minimum absolute atomic E-state index is 0.161. The van der Waals surface area contributed by atoms with Gasteiger partial charge in [-0.25, -0.2) is 4.79 Å². The summed E-state index contributed by atoms with van der Waals surface area (Å²) in [5.74, 6) is 0.488. The molecular formula is C17H16IO3+. The third kappa shape index (κ3) is 3.97. The molecule has 1 aliphatic rings. The van der Waals surface area contributed by atoms with Crippen molar-refractivity contribution in [1.82, 2.24) is 0 Å². The molecule has 3 rings (SSSR count). The van der Waals surface area contributed by atoms with Gasteiger partial charge in [0.15, 0.2) is 13.2 Å². The molecule has 0 N–H and O–H groups in total. The zero-order chi connectivity index (χ0) is 14.5. The van der Waals surface area contributed by atoms with Crippen molar-refractivity contribution < 1.29 is 35.5 Å². The summed E-state index contributed by atoms with van der Waals surface area (Å²) in [6.45, 7) is 0.513. The Morgan fingerprint density at radius 3 is 2.43 bits per heavy atom. The van der Waals surface area contributed by atoms with Crippen molar-refractivity contribution in [2.24, 2.45) is 0 Å². The summed E-state index contributed by atoms with van der Waals surface area (Å²) in [6.07, 6.45) is 1.15. The van der Waals surface area contributed by atoms with Crippen LogP contribution in [0.3, 0.4) is 0 Å². The number of halogens is 1. The maximum atomic E-state index is 11.6. The average Bonchev–Trinajstić information content (AvgIpc) is 2.52. The lowest BCUT2D eigenvalue weighted by atomic mass is 10.1. The summed E-state index contributed by atoms with van der Waals surface area (Å²) in [5, 5.41) is 0. The fraction of sp³-hybridized carbons (Fsp3) is 0.235. The zero-order valence-corrected chi connectivity index (χ0v) is 13.7. The Bertz CT molecular complexity index is 595. The Labute approximate surface area is 134 Å². The molecule has 0 spiro atoms. The van der Waals surface area contributed by atoms with E-state index >= 15 is 0 Å². The molecule has 0 saturated carbocycles. The molecule has 3 nitrogen and oxygen atoms in total. The Morgan fingerprint density at radius 2 is 1.71 bits per heavy atom. The van der Waals surface area contributed by atoms with Crippen LogP contribution in [0.5, 0.6) is 5.75 Å². The Kier molecular flexibility index (Phi) is 4.75. The largest absolute Gasteiger partial charge is 0.479 e. The van der Waals surface area contributed by atoms with Gasteiger partial charge in [0.2, 0.25) is 0 Å². The molecule has 1 aliphatic heterocycles. The molecular weight excluding hydrogens is 379 g/mol. The first-order chi connectivity index (χ1) is 10.3. The Morgan fingerprint density at radius 1 is 1.00 bits per heavy atom. The summed E-state index contributed by atoms with van der Waals surface area (Å²) in [7, 11) is 0. The predicted octanol–water partition coefficient (Wildman–Crippen LogP) is -0.101. The van der Waals surface area contributed by atoms with Gasteiger partial charge in [-0.05, 0) is 49.2 Å². The van der Waals surface area contributed by atoms with Gasteiger partial charge in [-0.15, -0.1) is 0 Å². The van der Waals surface area contributed by atoms with Crippen molar-refractivity contribution >= 4 is 5.97 Å². The van der Waals surface area contributed by atoms with Crippen LogP contribution in [0.25, 0.3) is 0 Å². The first kappa shape index (κ1) is 14.4. The smallest absolute Gasteiger partial charge is 0.357 e. The SMILES string of the molecule is O=C1OCCCC1Oc1ccc([I+]c2ccccc2)cc1. The van der Waals surface area contributed by atoms with Gasteiger partial charge in [0, 0.05) is 0 Å². The second-order valence-corrected chi connectivity index (χ2v) is 7.79. The van der Waals surface area contributed by atoms with Crippen LogP contribution >= 0.6 is 0 Å². The lowest BCUT2D eigenvalue weighted by Crippen LogP contribution is -3.61. The summed E-state index contributed by atoms with van der Waals surface area (Å²) in [4.78, 5) is 11.6. The van der Waals surface area contributed by atoms with Crippen molar-refractivity contribution in [3.8, 4) is 5.75 Å². The fourth-order valence-electron chi connectivity index (χ4n) is 2.10. The summed E-state index contributed by atoms with van der Waals surface area (Å²) in [6, 6.07) is 18.6. The Hall–Kier alpha value is -1.56. The van der Waals surface area contributed by atoms with Gasteiger partial charge in [0.25, 0.3) is 0 Å². The van der Waals surface area contributed by atoms with E-state index in [9.17, 15) is 4.79 Å². The van der Waals surface area contributed by atoms with E-state index in [0.29, 0.717) is 6.61 Å². The highest BCUT2D eigenvalue weighted by molar-refractivity contribution is 5.75. The monoisotopic (exact) mass is 395 g/mol. The molecule has 4 heteroatoms. The molecule has 0 radical (unpaired) electrons. The highest BCUT2D eigenvalue weighted by atomic mass is 127. The van der Waals surface area contributed by atoms with Crippen LogP contribution in [0.4, 0.5) is 0 Å². The van der Waals surface area contributed by atoms with Crippen molar-refractivity contribution in [2.45, 2.75) is 18.9 Å². The van der Waals surface area contributed by atoms with Crippen molar-refractivity contribution in [3.63, 3.8) is 0 Å². The van der Waals surface area contributed by atoms with Gasteiger partial charge < -0.3 is 9.47 Å². The predicted molar refractivity (Wildman–Crippen MR) is 74.9 cm³/mol. The van der Waals surface area contributed by atoms with Gasteiger partial charge in [-0.2, -0.15) is 0 Å². The maximum absolute atomic E-state index is 11.6. The molecule has 1 fully saturated rings. The van der Waals surface area contributed by atoms with E-state index in [2.05, 4.69) is 36.4 Å². The van der Waals surface area contributed by atoms with Crippen LogP contribution in [0.2, 0.25) is 0 Å². The van der Waals surface area contributed by atoms with Crippen LogP contribution in [0, 0.1) is 7.14 Å². The average molecular weight is 395 g/mol. The van der Waals surface area contributed by atoms with Crippen LogP contribution in [-0.2, 0) is 9.53 Å². The summed E-state index contributed by atoms with van der Waals surface area (Å²) < 4.78 is 13.4. The topological polar surface area (TPSA) is 35.5 Å². The van der Waals surface area contributed by atoms with Gasteiger partial charge in [0.05, 0.1) is 6.61 Å². The molecule has 0 aromatic heterocycles. The number of esters is 1. The summed E-state index contributed by atoms with van der Waals surface area (Å²) >= 11 is -0.161. The van der Waals surface area contributed by atoms with E-state index < -0.39 is 6.10 Å². The van der Waals surface area contributed by atoms with Crippen molar-refractivity contribution in [3.05, 3.63) is 61.7 Å². The number of cyclic esters (lactones) is 1. The van der Waals surface area contributed by atoms with E-state index in [4.69, 9.17) is 9.47 Å². The second-order valence-electron chi connectivity index (χ2n) is 4.76.